The predicted molar refractivity (Wildman–Crippen MR) is 69.8 cm³/mol. The lowest BCUT2D eigenvalue weighted by molar-refractivity contribution is 0.431. The molecule has 0 aromatic carbocycles. The highest BCUT2D eigenvalue weighted by molar-refractivity contribution is 7.98. The minimum absolute atomic E-state index is 0.395. The molecule has 90 valence electrons. The summed E-state index contributed by atoms with van der Waals surface area (Å²) in [4.78, 5) is 8.27. The smallest absolute Gasteiger partial charge is 0.256 e. The molecule has 0 saturated carbocycles. The zero-order valence-electron chi connectivity index (χ0n) is 9.33. The maximum absolute atomic E-state index is 6.04. The van der Waals surface area contributed by atoms with Crippen molar-refractivity contribution in [1.29, 1.82) is 0 Å². The third-order valence-corrected chi connectivity index (χ3v) is 3.69. The first-order valence-electron chi connectivity index (χ1n) is 4.93. The van der Waals surface area contributed by atoms with Crippen molar-refractivity contribution in [2.45, 2.75) is 24.8 Å². The highest BCUT2D eigenvalue weighted by Crippen LogP contribution is 2.27. The van der Waals surface area contributed by atoms with Crippen LogP contribution in [-0.2, 0) is 5.75 Å². The summed E-state index contributed by atoms with van der Waals surface area (Å²) in [5, 5.41) is 1.65. The average molecular weight is 289 g/mol. The molecule has 2 aromatic rings. The maximum atomic E-state index is 6.04. The predicted octanol–water partition coefficient (Wildman–Crippen LogP) is 4.29. The van der Waals surface area contributed by atoms with E-state index in [1.165, 1.54) is 11.8 Å². The summed E-state index contributed by atoms with van der Waals surface area (Å²) in [5.41, 5.74) is 1.82. The van der Waals surface area contributed by atoms with E-state index in [0.29, 0.717) is 21.2 Å². The summed E-state index contributed by atoms with van der Waals surface area (Å²) in [7, 11) is 0. The quantitative estimate of drug-likeness (QED) is 0.624. The largest absolute Gasteiger partial charge is 0.437 e. The fraction of sp³-hybridized carbons (Fsp3) is 0.273. The highest BCUT2D eigenvalue weighted by atomic mass is 35.5. The van der Waals surface area contributed by atoms with Crippen molar-refractivity contribution in [3.05, 3.63) is 39.5 Å². The average Bonchev–Trinajstić information content (AvgIpc) is 2.57. The minimum atomic E-state index is 0.395. The Morgan fingerprint density at radius 2 is 2.12 bits per heavy atom. The van der Waals surface area contributed by atoms with Gasteiger partial charge in [0.05, 0.1) is 5.69 Å². The van der Waals surface area contributed by atoms with Crippen LogP contribution >= 0.6 is 35.0 Å². The molecule has 3 nitrogen and oxygen atoms in total. The van der Waals surface area contributed by atoms with E-state index in [2.05, 4.69) is 9.97 Å². The van der Waals surface area contributed by atoms with Gasteiger partial charge in [0.2, 0.25) is 0 Å². The van der Waals surface area contributed by atoms with E-state index in [1.54, 1.807) is 12.3 Å². The fourth-order valence-corrected chi connectivity index (χ4v) is 2.59. The van der Waals surface area contributed by atoms with Gasteiger partial charge in [0.25, 0.3) is 5.22 Å². The van der Waals surface area contributed by atoms with Gasteiger partial charge in [0.15, 0.2) is 0 Å². The van der Waals surface area contributed by atoms with Crippen molar-refractivity contribution in [2.24, 2.45) is 0 Å². The van der Waals surface area contributed by atoms with Crippen LogP contribution in [0.3, 0.4) is 0 Å². The van der Waals surface area contributed by atoms with Crippen LogP contribution in [0.2, 0.25) is 10.2 Å². The van der Waals surface area contributed by atoms with Crippen LogP contribution in [0.15, 0.2) is 21.9 Å². The molecule has 0 N–H and O–H groups in total. The second kappa shape index (κ2) is 5.29. The minimum Gasteiger partial charge on any atom is -0.437 e. The van der Waals surface area contributed by atoms with Gasteiger partial charge < -0.3 is 4.42 Å². The molecule has 0 fully saturated rings. The number of oxazole rings is 1. The van der Waals surface area contributed by atoms with Gasteiger partial charge in [-0.1, -0.05) is 35.0 Å². The van der Waals surface area contributed by atoms with Crippen molar-refractivity contribution in [2.75, 3.05) is 0 Å². The molecule has 0 spiro atoms. The first-order valence-corrected chi connectivity index (χ1v) is 6.67. The number of aryl methyl sites for hydroxylation is 2. The second-order valence-corrected chi connectivity index (χ2v) is 5.23. The topological polar surface area (TPSA) is 38.9 Å². The number of hydrogen-bond donors (Lipinski definition) is 0. The molecule has 0 bridgehead atoms. The van der Waals surface area contributed by atoms with Gasteiger partial charge in [-0.25, -0.2) is 9.97 Å². The van der Waals surface area contributed by atoms with Crippen molar-refractivity contribution < 1.29 is 4.42 Å². The molecule has 0 saturated heterocycles. The standard InChI is InChI=1S/C11H10Cl2N2OS/c1-6-7(2)16-11(15-6)17-5-8-4-14-10(13)3-9(8)12/h3-4H,5H2,1-2H3. The fourth-order valence-electron chi connectivity index (χ4n) is 1.19. The van der Waals surface area contributed by atoms with E-state index in [1.807, 2.05) is 13.8 Å². The van der Waals surface area contributed by atoms with Gasteiger partial charge in [-0.05, 0) is 25.5 Å². The first kappa shape index (κ1) is 12.7. The van der Waals surface area contributed by atoms with Gasteiger partial charge in [-0.2, -0.15) is 0 Å². The summed E-state index contributed by atoms with van der Waals surface area (Å²) in [6.45, 7) is 3.81. The first-order chi connectivity index (χ1) is 8.06. The van der Waals surface area contributed by atoms with E-state index >= 15 is 0 Å². The zero-order chi connectivity index (χ0) is 12.4. The molecule has 0 aliphatic heterocycles. The summed E-state index contributed by atoms with van der Waals surface area (Å²) in [6, 6.07) is 1.63. The maximum Gasteiger partial charge on any atom is 0.256 e. The van der Waals surface area contributed by atoms with Crippen LogP contribution in [-0.4, -0.2) is 9.97 Å². The number of aromatic nitrogens is 2. The molecule has 0 amide bonds. The van der Waals surface area contributed by atoms with E-state index < -0.39 is 0 Å². The molecular formula is C11H10Cl2N2OS. The Hall–Kier alpha value is -0.710. The molecule has 2 aromatic heterocycles. The normalized spacial score (nSPS) is 10.8. The Morgan fingerprint density at radius 3 is 2.71 bits per heavy atom. The summed E-state index contributed by atoms with van der Waals surface area (Å²) in [5.74, 6) is 1.50. The van der Waals surface area contributed by atoms with E-state index in [9.17, 15) is 0 Å². The lowest BCUT2D eigenvalue weighted by Gasteiger charge is -2.01. The Kier molecular flexibility index (Phi) is 3.97. The van der Waals surface area contributed by atoms with Crippen LogP contribution < -0.4 is 0 Å². The Bertz CT molecular complexity index is 523. The van der Waals surface area contributed by atoms with Gasteiger partial charge in [0, 0.05) is 17.0 Å². The molecule has 0 radical (unpaired) electrons. The van der Waals surface area contributed by atoms with Crippen LogP contribution in [0.4, 0.5) is 0 Å². The Balaban J connectivity index is 2.07. The lowest BCUT2D eigenvalue weighted by Crippen LogP contribution is -1.86. The van der Waals surface area contributed by atoms with Gasteiger partial charge in [-0.15, -0.1) is 0 Å². The van der Waals surface area contributed by atoms with E-state index in [-0.39, 0.29) is 0 Å². The number of thioether (sulfide) groups is 1. The van der Waals surface area contributed by atoms with Crippen LogP contribution in [0.5, 0.6) is 0 Å². The van der Waals surface area contributed by atoms with E-state index in [4.69, 9.17) is 27.6 Å². The lowest BCUT2D eigenvalue weighted by atomic mass is 10.3. The SMILES string of the molecule is Cc1nc(SCc2cnc(Cl)cc2Cl)oc1C. The number of nitrogens with zero attached hydrogens (tertiary/aromatic N) is 2. The second-order valence-electron chi connectivity index (χ2n) is 3.51. The van der Waals surface area contributed by atoms with Crippen molar-refractivity contribution in [3.8, 4) is 0 Å². The molecule has 0 unspecified atom stereocenters. The molecule has 0 aliphatic rings. The number of pyridine rings is 1. The molecule has 6 heteroatoms. The zero-order valence-corrected chi connectivity index (χ0v) is 11.7. The molecule has 2 rings (SSSR count). The van der Waals surface area contributed by atoms with Crippen LogP contribution in [0, 0.1) is 13.8 Å². The molecular weight excluding hydrogens is 279 g/mol. The molecule has 0 atom stereocenters. The molecule has 2 heterocycles. The van der Waals surface area contributed by atoms with Crippen LogP contribution in [0.25, 0.3) is 0 Å². The van der Waals surface area contributed by atoms with Crippen molar-refractivity contribution in [3.63, 3.8) is 0 Å². The van der Waals surface area contributed by atoms with E-state index in [0.717, 1.165) is 17.0 Å². The molecule has 0 aliphatic carbocycles. The Labute approximate surface area is 114 Å². The molecule has 17 heavy (non-hydrogen) atoms. The van der Waals surface area contributed by atoms with Gasteiger partial charge in [-0.3, -0.25) is 0 Å². The number of hydrogen-bond acceptors (Lipinski definition) is 4. The van der Waals surface area contributed by atoms with Crippen molar-refractivity contribution in [1.82, 2.24) is 9.97 Å². The van der Waals surface area contributed by atoms with Crippen molar-refractivity contribution >= 4 is 35.0 Å². The third kappa shape index (κ3) is 3.15. The summed E-state index contributed by atoms with van der Waals surface area (Å²) in [6.07, 6.45) is 1.67. The van der Waals surface area contributed by atoms with Crippen LogP contribution in [0.1, 0.15) is 17.0 Å². The highest BCUT2D eigenvalue weighted by Gasteiger charge is 2.08. The number of rotatable bonds is 3. The van der Waals surface area contributed by atoms with Gasteiger partial charge in [0.1, 0.15) is 10.9 Å². The van der Waals surface area contributed by atoms with Gasteiger partial charge >= 0.3 is 0 Å². The monoisotopic (exact) mass is 288 g/mol. The summed E-state index contributed by atoms with van der Waals surface area (Å²) < 4.78 is 5.46. The third-order valence-electron chi connectivity index (χ3n) is 2.26. The number of halogens is 2. The Morgan fingerprint density at radius 1 is 1.35 bits per heavy atom. The summed E-state index contributed by atoms with van der Waals surface area (Å²) >= 11 is 13.3.